The van der Waals surface area contributed by atoms with E-state index in [0.29, 0.717) is 0 Å². The second-order valence-electron chi connectivity index (χ2n) is 9.32. The Hall–Kier alpha value is -2.68. The number of anilines is 1. The van der Waals surface area contributed by atoms with Gasteiger partial charge in [-0.2, -0.15) is 5.26 Å². The molecule has 1 fully saturated rings. The smallest absolute Gasteiger partial charge is 0.231 e. The lowest BCUT2D eigenvalue weighted by molar-refractivity contribution is -0.128. The summed E-state index contributed by atoms with van der Waals surface area (Å²) in [6, 6.07) is 18.7. The highest BCUT2D eigenvalue weighted by Crippen LogP contribution is 2.42. The molecule has 0 radical (unpaired) electrons. The van der Waals surface area contributed by atoms with Gasteiger partial charge in [0.25, 0.3) is 0 Å². The van der Waals surface area contributed by atoms with Gasteiger partial charge in [-0.05, 0) is 73.0 Å². The molecule has 0 saturated heterocycles. The largest absolute Gasteiger partial charge is 0.317 e. The number of benzene rings is 2. The molecule has 0 unspecified atom stereocenters. The van der Waals surface area contributed by atoms with E-state index in [1.165, 1.54) is 27.6 Å². The van der Waals surface area contributed by atoms with Crippen LogP contribution in [0.1, 0.15) is 55.2 Å². The minimum absolute atomic E-state index is 0.202. The topological polar surface area (TPSA) is 56.1 Å². The number of amides is 1. The molecular weight excluding hydrogens is 414 g/mol. The molecule has 0 spiro atoms. The predicted octanol–water partition coefficient (Wildman–Crippen LogP) is 6.11. The van der Waals surface area contributed by atoms with E-state index in [0.717, 1.165) is 68.7 Å². The van der Waals surface area contributed by atoms with Crippen molar-refractivity contribution in [2.45, 2.75) is 51.5 Å². The molecule has 2 heterocycles. The van der Waals surface area contributed by atoms with Crippen LogP contribution in [0, 0.1) is 16.7 Å². The summed E-state index contributed by atoms with van der Waals surface area (Å²) in [4.78, 5) is 16.0. The number of hydrogen-bond donors (Lipinski definition) is 1. The fraction of sp³-hybridized carbons (Fsp3) is 0.407. The number of nitriles is 1. The molecule has 1 N–H and O–H groups in total. The van der Waals surface area contributed by atoms with Gasteiger partial charge in [0.05, 0.1) is 22.0 Å². The van der Waals surface area contributed by atoms with Crippen LogP contribution in [-0.2, 0) is 17.8 Å². The molecule has 5 heteroatoms. The number of thiophene rings is 1. The van der Waals surface area contributed by atoms with E-state index in [9.17, 15) is 10.1 Å². The highest BCUT2D eigenvalue weighted by Gasteiger charge is 2.39. The zero-order valence-corrected chi connectivity index (χ0v) is 19.2. The SMILES string of the molecule is N#Cc1ccc2c(c1)CN(CCC1(C(=O)Nc3cc4ccccc4s3)CCCCC1)CC2. The summed E-state index contributed by atoms with van der Waals surface area (Å²) in [5.74, 6) is 0.202. The minimum Gasteiger partial charge on any atom is -0.317 e. The van der Waals surface area contributed by atoms with Gasteiger partial charge >= 0.3 is 0 Å². The maximum atomic E-state index is 13.6. The molecule has 1 aliphatic carbocycles. The van der Waals surface area contributed by atoms with Crippen LogP contribution in [0.2, 0.25) is 0 Å². The van der Waals surface area contributed by atoms with Crippen LogP contribution in [0.5, 0.6) is 0 Å². The van der Waals surface area contributed by atoms with Crippen molar-refractivity contribution in [2.75, 3.05) is 18.4 Å². The lowest BCUT2D eigenvalue weighted by atomic mass is 9.71. The Labute approximate surface area is 193 Å². The maximum absolute atomic E-state index is 13.6. The summed E-state index contributed by atoms with van der Waals surface area (Å²) in [7, 11) is 0. The standard InChI is InChI=1S/C27H29N3OS/c28-18-20-8-9-21-10-14-30(19-23(21)16-20)15-13-27(11-4-1-5-12-27)26(31)29-25-17-22-6-2-3-7-24(22)32-25/h2-3,6-9,16-17H,1,4-5,10-15,19H2,(H,29,31). The second kappa shape index (κ2) is 9.05. The van der Waals surface area contributed by atoms with Gasteiger partial charge in [0, 0.05) is 17.8 Å². The van der Waals surface area contributed by atoms with E-state index < -0.39 is 0 Å². The van der Waals surface area contributed by atoms with E-state index in [4.69, 9.17) is 0 Å². The first-order chi connectivity index (χ1) is 15.6. The molecule has 32 heavy (non-hydrogen) atoms. The Morgan fingerprint density at radius 1 is 1.09 bits per heavy atom. The fourth-order valence-corrected chi connectivity index (χ4v) is 6.31. The average Bonchev–Trinajstić information content (AvgIpc) is 3.25. The zero-order chi connectivity index (χ0) is 22.0. The maximum Gasteiger partial charge on any atom is 0.231 e. The zero-order valence-electron chi connectivity index (χ0n) is 18.4. The molecule has 1 aromatic heterocycles. The molecule has 4 nitrogen and oxygen atoms in total. The van der Waals surface area contributed by atoms with Gasteiger partial charge in [0.2, 0.25) is 5.91 Å². The van der Waals surface area contributed by atoms with E-state index >= 15 is 0 Å². The molecule has 2 aromatic carbocycles. The Morgan fingerprint density at radius 3 is 2.75 bits per heavy atom. The Bertz CT molecular complexity index is 1140. The summed E-state index contributed by atoms with van der Waals surface area (Å²) in [5.41, 5.74) is 3.08. The molecule has 5 rings (SSSR count). The molecular formula is C27H29N3OS. The molecule has 1 amide bonds. The van der Waals surface area contributed by atoms with Gasteiger partial charge < -0.3 is 5.32 Å². The van der Waals surface area contributed by atoms with Gasteiger partial charge in [-0.3, -0.25) is 9.69 Å². The lowest BCUT2D eigenvalue weighted by Crippen LogP contribution is -2.42. The van der Waals surface area contributed by atoms with Gasteiger partial charge in [-0.15, -0.1) is 11.3 Å². The van der Waals surface area contributed by atoms with Crippen molar-refractivity contribution in [3.8, 4) is 6.07 Å². The molecule has 1 saturated carbocycles. The van der Waals surface area contributed by atoms with Crippen LogP contribution in [0.4, 0.5) is 5.00 Å². The summed E-state index contributed by atoms with van der Waals surface area (Å²) in [6.07, 6.45) is 7.37. The first-order valence-electron chi connectivity index (χ1n) is 11.7. The van der Waals surface area contributed by atoms with Crippen molar-refractivity contribution < 1.29 is 4.79 Å². The normalized spacial score (nSPS) is 18.1. The third kappa shape index (κ3) is 4.30. The molecule has 2 aliphatic rings. The van der Waals surface area contributed by atoms with Crippen LogP contribution in [0.15, 0.2) is 48.5 Å². The average molecular weight is 444 g/mol. The molecule has 0 bridgehead atoms. The van der Waals surface area contributed by atoms with Gasteiger partial charge in [0.15, 0.2) is 0 Å². The van der Waals surface area contributed by atoms with Crippen molar-refractivity contribution in [1.29, 1.82) is 5.26 Å². The van der Waals surface area contributed by atoms with Gasteiger partial charge in [-0.25, -0.2) is 0 Å². The van der Waals surface area contributed by atoms with Crippen LogP contribution in [0.3, 0.4) is 0 Å². The molecule has 164 valence electrons. The summed E-state index contributed by atoms with van der Waals surface area (Å²) >= 11 is 1.66. The highest BCUT2D eigenvalue weighted by molar-refractivity contribution is 7.22. The Kier molecular flexibility index (Phi) is 5.99. The van der Waals surface area contributed by atoms with Crippen molar-refractivity contribution in [1.82, 2.24) is 4.90 Å². The van der Waals surface area contributed by atoms with Crippen molar-refractivity contribution in [3.63, 3.8) is 0 Å². The van der Waals surface area contributed by atoms with Gasteiger partial charge in [0.1, 0.15) is 0 Å². The second-order valence-corrected chi connectivity index (χ2v) is 10.4. The van der Waals surface area contributed by atoms with Crippen LogP contribution >= 0.6 is 11.3 Å². The first-order valence-corrected chi connectivity index (χ1v) is 12.5. The molecule has 0 atom stereocenters. The van der Waals surface area contributed by atoms with Crippen molar-refractivity contribution in [2.24, 2.45) is 5.41 Å². The monoisotopic (exact) mass is 443 g/mol. The number of nitrogens with one attached hydrogen (secondary N) is 1. The summed E-state index contributed by atoms with van der Waals surface area (Å²) in [6.45, 7) is 2.82. The highest BCUT2D eigenvalue weighted by atomic mass is 32.1. The Balaban J connectivity index is 1.28. The van der Waals surface area contributed by atoms with Crippen LogP contribution in [0.25, 0.3) is 10.1 Å². The summed E-state index contributed by atoms with van der Waals surface area (Å²) < 4.78 is 1.21. The number of hydrogen-bond acceptors (Lipinski definition) is 4. The molecule has 3 aromatic rings. The number of nitrogens with zero attached hydrogens (tertiary/aromatic N) is 2. The quantitative estimate of drug-likeness (QED) is 0.517. The van der Waals surface area contributed by atoms with Crippen LogP contribution in [-0.4, -0.2) is 23.9 Å². The Morgan fingerprint density at radius 2 is 1.94 bits per heavy atom. The predicted molar refractivity (Wildman–Crippen MR) is 131 cm³/mol. The van der Waals surface area contributed by atoms with Crippen molar-refractivity contribution >= 4 is 32.3 Å². The molecule has 1 aliphatic heterocycles. The van der Waals surface area contributed by atoms with E-state index in [-0.39, 0.29) is 11.3 Å². The number of rotatable bonds is 5. The fourth-order valence-electron chi connectivity index (χ4n) is 5.36. The van der Waals surface area contributed by atoms with Crippen molar-refractivity contribution in [3.05, 3.63) is 65.2 Å². The first kappa shape index (κ1) is 21.2. The summed E-state index contributed by atoms with van der Waals surface area (Å²) in [5, 5.41) is 14.7. The van der Waals surface area contributed by atoms with Gasteiger partial charge in [-0.1, -0.05) is 43.5 Å². The minimum atomic E-state index is -0.275. The van der Waals surface area contributed by atoms with E-state index in [1.54, 1.807) is 11.3 Å². The number of fused-ring (bicyclic) bond motifs is 2. The third-order valence-corrected chi connectivity index (χ3v) is 8.32. The van der Waals surface area contributed by atoms with E-state index in [1.807, 2.05) is 24.3 Å². The third-order valence-electron chi connectivity index (χ3n) is 7.29. The van der Waals surface area contributed by atoms with Crippen LogP contribution < -0.4 is 5.32 Å². The number of carbonyl (C=O) groups excluding carboxylic acids is 1. The van der Waals surface area contributed by atoms with E-state index in [2.05, 4.69) is 40.6 Å². The number of carbonyl (C=O) groups is 1. The lowest BCUT2D eigenvalue weighted by Gasteiger charge is -2.38.